The average molecular weight is 545 g/mol. The van der Waals surface area contributed by atoms with Crippen LogP contribution in [0.5, 0.6) is 0 Å². The van der Waals surface area contributed by atoms with Gasteiger partial charge in [-0.2, -0.15) is 13.2 Å². The number of nitrogens with zero attached hydrogens (tertiary/aromatic N) is 4. The van der Waals surface area contributed by atoms with Crippen LogP contribution in [-0.2, 0) is 28.3 Å². The lowest BCUT2D eigenvalue weighted by Gasteiger charge is -2.40. The van der Waals surface area contributed by atoms with E-state index in [2.05, 4.69) is 21.2 Å². The Labute approximate surface area is 228 Å². The lowest BCUT2D eigenvalue weighted by molar-refractivity contribution is -0.138. The first-order valence-electron chi connectivity index (χ1n) is 13.7. The van der Waals surface area contributed by atoms with Gasteiger partial charge in [-0.25, -0.2) is 9.97 Å². The Morgan fingerprint density at radius 1 is 1.28 bits per heavy atom. The molecule has 1 aliphatic rings. The fraction of sp³-hybridized carbons (Fsp3) is 0.429. The zero-order valence-electron chi connectivity index (χ0n) is 24.9. The van der Waals surface area contributed by atoms with Crippen molar-refractivity contribution in [1.29, 1.82) is 0 Å². The van der Waals surface area contributed by atoms with Crippen molar-refractivity contribution < 1.29 is 26.8 Å². The van der Waals surface area contributed by atoms with Crippen LogP contribution >= 0.6 is 0 Å². The number of terminal acetylenes is 1. The number of benzene rings is 1. The molecule has 8 nitrogen and oxygen atoms in total. The molecule has 1 saturated heterocycles. The van der Waals surface area contributed by atoms with Crippen LogP contribution < -0.4 is 10.9 Å². The lowest BCUT2D eigenvalue weighted by Crippen LogP contribution is -2.48. The number of rotatable bonds is 5. The van der Waals surface area contributed by atoms with Gasteiger partial charge in [0.15, 0.2) is 0 Å². The van der Waals surface area contributed by atoms with Crippen molar-refractivity contribution in [2.24, 2.45) is 6.98 Å². The monoisotopic (exact) mass is 544 g/mol. The quantitative estimate of drug-likeness (QED) is 0.484. The van der Waals surface area contributed by atoms with E-state index in [1.165, 1.54) is 46.1 Å². The lowest BCUT2D eigenvalue weighted by atomic mass is 9.84. The second kappa shape index (κ2) is 10.3. The third-order valence-corrected chi connectivity index (χ3v) is 7.31. The van der Waals surface area contributed by atoms with E-state index in [-0.39, 0.29) is 71.2 Å². The van der Waals surface area contributed by atoms with Crippen LogP contribution in [-0.4, -0.2) is 45.5 Å². The molecule has 3 heterocycles. The van der Waals surface area contributed by atoms with Gasteiger partial charge in [-0.15, -0.1) is 6.42 Å². The number of pyridine rings is 1. The zero-order chi connectivity index (χ0) is 31.2. The summed E-state index contributed by atoms with van der Waals surface area (Å²) in [7, 11) is 1.41. The maximum absolute atomic E-state index is 13.8. The van der Waals surface area contributed by atoms with E-state index in [9.17, 15) is 22.8 Å². The molecule has 0 aliphatic carbocycles. The summed E-state index contributed by atoms with van der Waals surface area (Å²) in [6.07, 6.45) is 1.61. The summed E-state index contributed by atoms with van der Waals surface area (Å²) in [6.45, 7) is 1.83. The molecule has 4 rings (SSSR count). The maximum Gasteiger partial charge on any atom is 0.416 e. The van der Waals surface area contributed by atoms with E-state index < -0.39 is 35.9 Å². The fourth-order valence-electron chi connectivity index (χ4n) is 5.11. The van der Waals surface area contributed by atoms with Crippen LogP contribution in [0.4, 0.5) is 19.0 Å². The van der Waals surface area contributed by atoms with E-state index in [1.54, 1.807) is 4.90 Å². The molecule has 1 aliphatic heterocycles. The summed E-state index contributed by atoms with van der Waals surface area (Å²) in [5, 5.41) is 3.09. The largest absolute Gasteiger partial charge is 0.416 e. The summed E-state index contributed by atoms with van der Waals surface area (Å²) in [4.78, 5) is 36.0. The zero-order valence-corrected chi connectivity index (χ0v) is 21.9. The van der Waals surface area contributed by atoms with Gasteiger partial charge in [0.1, 0.15) is 28.9 Å². The van der Waals surface area contributed by atoms with E-state index in [0.29, 0.717) is 4.57 Å². The molecule has 1 fully saturated rings. The Bertz CT molecular complexity index is 1640. The number of nitrogens with one attached hydrogen (secondary N) is 1. The van der Waals surface area contributed by atoms with Crippen LogP contribution in [0.3, 0.4) is 0 Å². The van der Waals surface area contributed by atoms with Crippen molar-refractivity contribution >= 4 is 22.8 Å². The minimum absolute atomic E-state index is 0.0276. The molecule has 0 bridgehead atoms. The SMILES string of the molecule is [2H]C([2H])([2H])n1c(=O)c(C2(OC)CCN(C(C)=O)CC2)cc2c(N[C@H](C#C)c3cccc(C(F)(F)F)c3C)nc(C)nc21. The van der Waals surface area contributed by atoms with Crippen LogP contribution in [0, 0.1) is 26.2 Å². The topological polar surface area (TPSA) is 89.4 Å². The third-order valence-electron chi connectivity index (χ3n) is 7.31. The summed E-state index contributed by atoms with van der Waals surface area (Å²) >= 11 is 0. The molecular formula is C28H30F3N5O3. The Balaban J connectivity index is 1.95. The first-order valence-corrected chi connectivity index (χ1v) is 12.2. The number of aryl methyl sites for hydroxylation is 2. The highest BCUT2D eigenvalue weighted by Crippen LogP contribution is 2.38. The summed E-state index contributed by atoms with van der Waals surface area (Å²) in [5.41, 5.74) is -3.00. The molecule has 1 aromatic carbocycles. The van der Waals surface area contributed by atoms with Crippen LogP contribution in [0.15, 0.2) is 29.1 Å². The Kier molecular flexibility index (Phi) is 6.40. The van der Waals surface area contributed by atoms with E-state index in [0.717, 1.165) is 6.07 Å². The van der Waals surface area contributed by atoms with Gasteiger partial charge in [-0.1, -0.05) is 18.1 Å². The number of alkyl halides is 3. The maximum atomic E-state index is 13.8. The van der Waals surface area contributed by atoms with Crippen LogP contribution in [0.2, 0.25) is 0 Å². The number of amides is 1. The highest BCUT2D eigenvalue weighted by Gasteiger charge is 2.40. The second-order valence-electron chi connectivity index (χ2n) is 9.52. The van der Waals surface area contributed by atoms with Gasteiger partial charge in [0.05, 0.1) is 16.5 Å². The van der Waals surface area contributed by atoms with Crippen LogP contribution in [0.1, 0.15) is 58.0 Å². The molecule has 0 radical (unpaired) electrons. The summed E-state index contributed by atoms with van der Waals surface area (Å²) in [5.74, 6) is 2.45. The number of likely N-dealkylation sites (tertiary alicyclic amines) is 1. The molecule has 0 saturated carbocycles. The Morgan fingerprint density at radius 3 is 2.54 bits per heavy atom. The van der Waals surface area contributed by atoms with Gasteiger partial charge in [-0.05, 0) is 49.9 Å². The highest BCUT2D eigenvalue weighted by molar-refractivity contribution is 5.88. The normalized spacial score (nSPS) is 17.6. The molecule has 3 aromatic rings. The number of aromatic nitrogens is 3. The van der Waals surface area contributed by atoms with E-state index in [4.69, 9.17) is 15.3 Å². The third kappa shape index (κ3) is 5.08. The minimum Gasteiger partial charge on any atom is -0.373 e. The minimum atomic E-state index is -4.60. The Morgan fingerprint density at radius 2 is 1.97 bits per heavy atom. The molecule has 11 heteroatoms. The molecule has 0 unspecified atom stereocenters. The standard InChI is InChI=1S/C28H30F3N5O3/c1-7-23(19-9-8-10-21(16(19)2)28(29,30)31)34-24-20-15-22(26(38)35(5)25(20)33-17(3)32-24)27(39-6)11-13-36(14-12-27)18(4)37/h1,8-10,15,23H,11-14H2,2-6H3,(H,32,33,34)/t23-/m1/s1/i5D3. The van der Waals surface area contributed by atoms with Gasteiger partial charge < -0.3 is 15.0 Å². The van der Waals surface area contributed by atoms with Gasteiger partial charge in [0, 0.05) is 38.2 Å². The number of hydrogen-bond donors (Lipinski definition) is 1. The molecule has 1 atom stereocenters. The number of carbonyl (C=O) groups is 1. The summed E-state index contributed by atoms with van der Waals surface area (Å²) in [6, 6.07) is 4.02. The number of piperidine rings is 1. The first-order chi connectivity index (χ1) is 19.5. The molecule has 0 spiro atoms. The van der Waals surface area contributed by atoms with Gasteiger partial charge in [0.25, 0.3) is 5.56 Å². The van der Waals surface area contributed by atoms with Crippen molar-refractivity contribution in [1.82, 2.24) is 19.4 Å². The highest BCUT2D eigenvalue weighted by atomic mass is 19.4. The predicted octanol–water partition coefficient (Wildman–Crippen LogP) is 4.23. The van der Waals surface area contributed by atoms with Gasteiger partial charge >= 0.3 is 6.18 Å². The van der Waals surface area contributed by atoms with Crippen molar-refractivity contribution in [2.45, 2.75) is 51.4 Å². The second-order valence-corrected chi connectivity index (χ2v) is 9.52. The number of anilines is 1. The van der Waals surface area contributed by atoms with Gasteiger partial charge in [-0.3, -0.25) is 14.2 Å². The number of hydrogen-bond acceptors (Lipinski definition) is 6. The number of ether oxygens (including phenoxy) is 1. The molecular weight excluding hydrogens is 511 g/mol. The van der Waals surface area contributed by atoms with Crippen molar-refractivity contribution in [3.05, 3.63) is 62.7 Å². The predicted molar refractivity (Wildman–Crippen MR) is 141 cm³/mol. The molecule has 39 heavy (non-hydrogen) atoms. The Hall–Kier alpha value is -3.91. The summed E-state index contributed by atoms with van der Waals surface area (Å²) < 4.78 is 71.8. The van der Waals surface area contributed by atoms with E-state index in [1.807, 2.05) is 0 Å². The van der Waals surface area contributed by atoms with Crippen molar-refractivity contribution in [3.8, 4) is 12.3 Å². The molecule has 2 aromatic heterocycles. The van der Waals surface area contributed by atoms with E-state index >= 15 is 0 Å². The molecule has 1 N–H and O–H groups in total. The van der Waals surface area contributed by atoms with Crippen molar-refractivity contribution in [3.63, 3.8) is 0 Å². The molecule has 206 valence electrons. The first kappa shape index (κ1) is 24.2. The van der Waals surface area contributed by atoms with Crippen molar-refractivity contribution in [2.75, 3.05) is 25.5 Å². The number of carbonyl (C=O) groups excluding carboxylic acids is 1. The number of fused-ring (bicyclic) bond motifs is 1. The smallest absolute Gasteiger partial charge is 0.373 e. The average Bonchev–Trinajstić information content (AvgIpc) is 2.90. The molecule has 1 amide bonds. The fourth-order valence-corrected chi connectivity index (χ4v) is 5.11. The number of halogens is 3. The van der Waals surface area contributed by atoms with Crippen LogP contribution in [0.25, 0.3) is 11.0 Å². The van der Waals surface area contributed by atoms with Gasteiger partial charge in [0.2, 0.25) is 5.91 Å². The number of methoxy groups -OCH3 is 1.